The van der Waals surface area contributed by atoms with Crippen LogP contribution in [-0.2, 0) is 4.74 Å². The molecule has 136 valence electrons. The van der Waals surface area contributed by atoms with E-state index < -0.39 is 17.0 Å². The molecule has 3 aromatic rings. The van der Waals surface area contributed by atoms with Gasteiger partial charge in [0, 0.05) is 17.7 Å². The van der Waals surface area contributed by atoms with Crippen LogP contribution in [0.2, 0.25) is 0 Å². The van der Waals surface area contributed by atoms with Crippen molar-refractivity contribution in [3.05, 3.63) is 97.7 Å². The highest BCUT2D eigenvalue weighted by Crippen LogP contribution is 2.24. The number of carbonyl (C=O) groups excluding carboxylic acids is 2. The molecule has 0 N–H and O–H groups in total. The van der Waals surface area contributed by atoms with Gasteiger partial charge in [-0.25, -0.2) is 4.79 Å². The summed E-state index contributed by atoms with van der Waals surface area (Å²) in [7, 11) is 0. The van der Waals surface area contributed by atoms with Crippen LogP contribution in [0, 0.1) is 10.1 Å². The highest BCUT2D eigenvalue weighted by molar-refractivity contribution is 7.12. The van der Waals surface area contributed by atoms with Crippen molar-refractivity contribution in [1.29, 1.82) is 0 Å². The molecule has 0 radical (unpaired) electrons. The molecule has 1 heterocycles. The standard InChI is InChI=1S/C20H15NO5S/c1-13(14-8-10-15(11-9-14)21(24)25)26-20(23)17-6-3-2-5-16(17)19(22)18-7-4-12-27-18/h2-13H,1H3. The lowest BCUT2D eigenvalue weighted by Gasteiger charge is -2.15. The first-order valence-electron chi connectivity index (χ1n) is 8.10. The Kier molecular flexibility index (Phi) is 5.42. The molecule has 0 fully saturated rings. The van der Waals surface area contributed by atoms with E-state index in [9.17, 15) is 19.7 Å². The average molecular weight is 381 g/mol. The topological polar surface area (TPSA) is 86.5 Å². The molecule has 0 spiro atoms. The van der Waals surface area contributed by atoms with Crippen LogP contribution in [0.25, 0.3) is 0 Å². The van der Waals surface area contributed by atoms with Crippen LogP contribution in [0.1, 0.15) is 44.2 Å². The van der Waals surface area contributed by atoms with Crippen molar-refractivity contribution in [2.45, 2.75) is 13.0 Å². The molecule has 1 atom stereocenters. The maximum Gasteiger partial charge on any atom is 0.339 e. The number of rotatable bonds is 6. The molecule has 2 aromatic carbocycles. The van der Waals surface area contributed by atoms with Gasteiger partial charge in [0.15, 0.2) is 0 Å². The smallest absolute Gasteiger partial charge is 0.339 e. The van der Waals surface area contributed by atoms with Crippen LogP contribution < -0.4 is 0 Å². The zero-order chi connectivity index (χ0) is 19.4. The van der Waals surface area contributed by atoms with E-state index in [0.717, 1.165) is 0 Å². The molecule has 0 aliphatic heterocycles. The zero-order valence-electron chi connectivity index (χ0n) is 14.3. The molecule has 0 saturated heterocycles. The first-order valence-corrected chi connectivity index (χ1v) is 8.98. The first kappa shape index (κ1) is 18.5. The Bertz CT molecular complexity index is 980. The van der Waals surface area contributed by atoms with Crippen molar-refractivity contribution in [2.75, 3.05) is 0 Å². The predicted octanol–water partition coefficient (Wildman–Crippen LogP) is 4.81. The Morgan fingerprint density at radius 2 is 1.67 bits per heavy atom. The number of ether oxygens (including phenoxy) is 1. The fourth-order valence-electron chi connectivity index (χ4n) is 2.56. The number of nitrogens with zero attached hydrogens (tertiary/aromatic N) is 1. The number of esters is 1. The van der Waals surface area contributed by atoms with Gasteiger partial charge in [0.1, 0.15) is 6.10 Å². The Morgan fingerprint density at radius 1 is 1.00 bits per heavy atom. The van der Waals surface area contributed by atoms with Crippen LogP contribution in [0.15, 0.2) is 66.0 Å². The number of hydrogen-bond acceptors (Lipinski definition) is 6. The normalized spacial score (nSPS) is 11.6. The van der Waals surface area contributed by atoms with Crippen LogP contribution in [-0.4, -0.2) is 16.7 Å². The number of benzene rings is 2. The zero-order valence-corrected chi connectivity index (χ0v) is 15.1. The molecule has 0 aliphatic carbocycles. The molecule has 1 unspecified atom stereocenters. The predicted molar refractivity (Wildman–Crippen MR) is 101 cm³/mol. The van der Waals surface area contributed by atoms with Crippen molar-refractivity contribution in [3.8, 4) is 0 Å². The van der Waals surface area contributed by atoms with Crippen LogP contribution in [0.3, 0.4) is 0 Å². The van der Waals surface area contributed by atoms with Crippen LogP contribution in [0.5, 0.6) is 0 Å². The summed E-state index contributed by atoms with van der Waals surface area (Å²) in [5.74, 6) is -0.859. The number of hydrogen-bond donors (Lipinski definition) is 0. The maximum atomic E-state index is 12.6. The number of non-ortho nitro benzene ring substituents is 1. The third-order valence-electron chi connectivity index (χ3n) is 3.99. The summed E-state index contributed by atoms with van der Waals surface area (Å²) in [6, 6.07) is 15.8. The van der Waals surface area contributed by atoms with E-state index in [0.29, 0.717) is 10.4 Å². The minimum Gasteiger partial charge on any atom is -0.454 e. The number of ketones is 1. The summed E-state index contributed by atoms with van der Waals surface area (Å²) in [6.45, 7) is 1.67. The third kappa shape index (κ3) is 4.09. The van der Waals surface area contributed by atoms with E-state index in [4.69, 9.17) is 4.74 Å². The quantitative estimate of drug-likeness (QED) is 0.265. The Labute approximate surface area is 159 Å². The highest BCUT2D eigenvalue weighted by atomic mass is 32.1. The molecule has 3 rings (SSSR count). The summed E-state index contributed by atoms with van der Waals surface area (Å²) in [6.07, 6.45) is -0.622. The number of nitro groups is 1. The van der Waals surface area contributed by atoms with Gasteiger partial charge in [-0.05, 0) is 42.1 Å². The first-order chi connectivity index (χ1) is 13.0. The molecule has 0 saturated carbocycles. The minimum absolute atomic E-state index is 0.0378. The van der Waals surface area contributed by atoms with Crippen LogP contribution >= 0.6 is 11.3 Å². The molecule has 1 aromatic heterocycles. The molecule has 7 heteroatoms. The van der Waals surface area contributed by atoms with Gasteiger partial charge >= 0.3 is 5.97 Å². The van der Waals surface area contributed by atoms with Gasteiger partial charge in [-0.15, -0.1) is 11.3 Å². The molecule has 27 heavy (non-hydrogen) atoms. The Morgan fingerprint density at radius 3 is 2.26 bits per heavy atom. The molecule has 6 nitrogen and oxygen atoms in total. The fraction of sp³-hybridized carbons (Fsp3) is 0.100. The van der Waals surface area contributed by atoms with Gasteiger partial charge in [0.25, 0.3) is 5.69 Å². The molecular formula is C20H15NO5S. The summed E-state index contributed by atoms with van der Waals surface area (Å²) in [5, 5.41) is 12.5. The van der Waals surface area contributed by atoms with Gasteiger partial charge in [-0.3, -0.25) is 14.9 Å². The monoisotopic (exact) mass is 381 g/mol. The van der Waals surface area contributed by atoms with E-state index in [1.807, 2.05) is 0 Å². The second kappa shape index (κ2) is 7.92. The van der Waals surface area contributed by atoms with Gasteiger partial charge in [-0.2, -0.15) is 0 Å². The second-order valence-corrected chi connectivity index (χ2v) is 6.70. The van der Waals surface area contributed by atoms with Crippen molar-refractivity contribution < 1.29 is 19.2 Å². The van der Waals surface area contributed by atoms with E-state index in [1.54, 1.807) is 60.8 Å². The van der Waals surface area contributed by atoms with Crippen molar-refractivity contribution >= 4 is 28.8 Å². The number of nitro benzene ring substituents is 1. The average Bonchev–Trinajstić information content (AvgIpc) is 3.22. The lowest BCUT2D eigenvalue weighted by atomic mass is 10.0. The number of thiophene rings is 1. The maximum absolute atomic E-state index is 12.6. The fourth-order valence-corrected chi connectivity index (χ4v) is 3.24. The summed E-state index contributed by atoms with van der Waals surface area (Å²) in [5.41, 5.74) is 1.05. The second-order valence-electron chi connectivity index (χ2n) is 5.75. The highest BCUT2D eigenvalue weighted by Gasteiger charge is 2.22. The van der Waals surface area contributed by atoms with Crippen molar-refractivity contribution in [1.82, 2.24) is 0 Å². The molecule has 0 aliphatic rings. The minimum atomic E-state index is -0.624. The van der Waals surface area contributed by atoms with Crippen molar-refractivity contribution in [3.63, 3.8) is 0 Å². The van der Waals surface area contributed by atoms with E-state index in [-0.39, 0.29) is 22.6 Å². The lowest BCUT2D eigenvalue weighted by Crippen LogP contribution is -2.14. The van der Waals surface area contributed by atoms with E-state index in [1.165, 1.54) is 23.5 Å². The number of carbonyl (C=O) groups is 2. The van der Waals surface area contributed by atoms with Gasteiger partial charge in [0.05, 0.1) is 15.4 Å². The summed E-state index contributed by atoms with van der Waals surface area (Å²) >= 11 is 1.30. The SMILES string of the molecule is CC(OC(=O)c1ccccc1C(=O)c1cccs1)c1ccc([N+](=O)[O-])cc1. The van der Waals surface area contributed by atoms with E-state index >= 15 is 0 Å². The Hall–Kier alpha value is -3.32. The van der Waals surface area contributed by atoms with Crippen LogP contribution in [0.4, 0.5) is 5.69 Å². The van der Waals surface area contributed by atoms with Gasteiger partial charge in [0.2, 0.25) is 5.78 Å². The summed E-state index contributed by atoms with van der Waals surface area (Å²) in [4.78, 5) is 36.0. The van der Waals surface area contributed by atoms with E-state index in [2.05, 4.69) is 0 Å². The van der Waals surface area contributed by atoms with Crippen molar-refractivity contribution in [2.24, 2.45) is 0 Å². The van der Waals surface area contributed by atoms with Gasteiger partial charge < -0.3 is 4.74 Å². The summed E-state index contributed by atoms with van der Waals surface area (Å²) < 4.78 is 5.47. The van der Waals surface area contributed by atoms with Gasteiger partial charge in [-0.1, -0.05) is 24.3 Å². The Balaban J connectivity index is 1.80. The largest absolute Gasteiger partial charge is 0.454 e. The third-order valence-corrected chi connectivity index (χ3v) is 4.86. The molecular weight excluding hydrogens is 366 g/mol. The molecule has 0 amide bonds. The molecule has 0 bridgehead atoms. The lowest BCUT2D eigenvalue weighted by molar-refractivity contribution is -0.384.